The van der Waals surface area contributed by atoms with Gasteiger partial charge in [0.15, 0.2) is 0 Å². The summed E-state index contributed by atoms with van der Waals surface area (Å²) in [4.78, 5) is 17.8. The molecular formula is C23H25F5N6OS. The van der Waals surface area contributed by atoms with E-state index in [9.17, 15) is 27.1 Å². The van der Waals surface area contributed by atoms with Crippen LogP contribution in [0.25, 0.3) is 20.8 Å². The third-order valence-corrected chi connectivity index (χ3v) is 7.77. The fourth-order valence-corrected chi connectivity index (χ4v) is 5.62. The molecule has 13 heteroatoms. The zero-order valence-corrected chi connectivity index (χ0v) is 20.2. The van der Waals surface area contributed by atoms with Crippen molar-refractivity contribution in [2.75, 3.05) is 23.8 Å². The van der Waals surface area contributed by atoms with E-state index in [0.29, 0.717) is 35.0 Å². The first-order chi connectivity index (χ1) is 17.0. The smallest absolute Gasteiger partial charge is 0.394 e. The summed E-state index contributed by atoms with van der Waals surface area (Å²) in [6.45, 7) is -0.251. The number of aliphatic hydroxyl groups excluding tert-OH is 1. The average molecular weight is 529 g/mol. The summed E-state index contributed by atoms with van der Waals surface area (Å²) in [7, 11) is 0. The topological polar surface area (TPSA) is 95.9 Å². The van der Waals surface area contributed by atoms with Crippen LogP contribution < -0.4 is 10.6 Å². The first-order valence-electron chi connectivity index (χ1n) is 11.7. The maximum Gasteiger partial charge on any atom is 0.455 e. The van der Waals surface area contributed by atoms with Crippen LogP contribution in [0.4, 0.5) is 33.7 Å². The molecule has 3 aromatic rings. The van der Waals surface area contributed by atoms with E-state index >= 15 is 0 Å². The maximum absolute atomic E-state index is 13.5. The van der Waals surface area contributed by atoms with Gasteiger partial charge in [-0.05, 0) is 38.7 Å². The summed E-state index contributed by atoms with van der Waals surface area (Å²) in [5, 5.41) is 16.0. The molecule has 2 fully saturated rings. The third kappa shape index (κ3) is 4.70. The van der Waals surface area contributed by atoms with Crippen molar-refractivity contribution in [2.24, 2.45) is 0 Å². The number of aryl methyl sites for hydroxylation is 1. The number of hydrogen-bond donors (Lipinski definition) is 3. The molecule has 0 atom stereocenters. The first-order valence-corrected chi connectivity index (χ1v) is 12.6. The third-order valence-electron chi connectivity index (χ3n) is 6.73. The van der Waals surface area contributed by atoms with Gasteiger partial charge in [0, 0.05) is 12.1 Å². The molecule has 0 spiro atoms. The van der Waals surface area contributed by atoms with Crippen LogP contribution >= 0.6 is 11.3 Å². The molecule has 194 valence electrons. The Labute approximate surface area is 207 Å². The van der Waals surface area contributed by atoms with Gasteiger partial charge >= 0.3 is 12.1 Å². The molecule has 36 heavy (non-hydrogen) atoms. The molecule has 2 saturated carbocycles. The minimum atomic E-state index is -5.70. The summed E-state index contributed by atoms with van der Waals surface area (Å²) >= 11 is 1.41. The number of alkyl halides is 5. The first kappa shape index (κ1) is 25.0. The Morgan fingerprint density at radius 2 is 1.83 bits per heavy atom. The van der Waals surface area contributed by atoms with Crippen LogP contribution in [0.5, 0.6) is 0 Å². The second kappa shape index (κ2) is 9.02. The Bertz CT molecular complexity index is 1270. The normalized spacial score (nSPS) is 18.1. The van der Waals surface area contributed by atoms with Crippen LogP contribution in [-0.2, 0) is 0 Å². The van der Waals surface area contributed by atoms with E-state index in [2.05, 4.69) is 20.3 Å². The minimum absolute atomic E-state index is 0.181. The van der Waals surface area contributed by atoms with Gasteiger partial charge in [-0.1, -0.05) is 12.8 Å². The van der Waals surface area contributed by atoms with Gasteiger partial charge < -0.3 is 15.7 Å². The molecule has 3 N–H and O–H groups in total. The zero-order chi connectivity index (χ0) is 25.7. The molecule has 0 bridgehead atoms. The minimum Gasteiger partial charge on any atom is -0.394 e. The lowest BCUT2D eigenvalue weighted by molar-refractivity contribution is -0.275. The summed E-state index contributed by atoms with van der Waals surface area (Å²) in [6.07, 6.45) is 1.24. The van der Waals surface area contributed by atoms with Crippen LogP contribution in [0, 0.1) is 6.92 Å². The summed E-state index contributed by atoms with van der Waals surface area (Å²) in [6, 6.07) is 1.87. The molecular weight excluding hydrogens is 503 g/mol. The van der Waals surface area contributed by atoms with Crippen LogP contribution in [0.15, 0.2) is 12.3 Å². The lowest BCUT2D eigenvalue weighted by atomic mass is 9.98. The van der Waals surface area contributed by atoms with E-state index in [1.807, 2.05) is 11.4 Å². The second-order valence-electron chi connectivity index (χ2n) is 9.52. The summed E-state index contributed by atoms with van der Waals surface area (Å²) in [5.74, 6) is -4.71. The largest absolute Gasteiger partial charge is 0.455 e. The molecule has 0 aromatic carbocycles. The Hall–Kier alpha value is -2.67. The number of thiazole rings is 1. The van der Waals surface area contributed by atoms with E-state index in [-0.39, 0.29) is 18.4 Å². The van der Waals surface area contributed by atoms with Crippen LogP contribution in [0.3, 0.4) is 0 Å². The average Bonchev–Trinajstić information content (AvgIpc) is 3.40. The Balaban J connectivity index is 1.56. The molecule has 0 amide bonds. The van der Waals surface area contributed by atoms with Crippen LogP contribution in [-0.4, -0.2) is 55.8 Å². The van der Waals surface area contributed by atoms with E-state index in [1.54, 1.807) is 13.1 Å². The molecule has 0 aliphatic heterocycles. The van der Waals surface area contributed by atoms with E-state index in [1.165, 1.54) is 11.3 Å². The van der Waals surface area contributed by atoms with Crippen molar-refractivity contribution < 1.29 is 27.1 Å². The SMILES string of the molecule is Cc1nc(NCC(F)(F)C(F)(F)F)nc(NC2(CO)CCCC2)c1-c1nc2c(C3CC3)nccc2s1. The predicted octanol–water partition coefficient (Wildman–Crippen LogP) is 5.66. The van der Waals surface area contributed by atoms with Crippen LogP contribution in [0.2, 0.25) is 0 Å². The maximum atomic E-state index is 13.5. The van der Waals surface area contributed by atoms with E-state index < -0.39 is 24.2 Å². The number of anilines is 2. The highest BCUT2D eigenvalue weighted by molar-refractivity contribution is 7.21. The number of aromatic nitrogens is 4. The van der Waals surface area contributed by atoms with Gasteiger partial charge in [0.25, 0.3) is 0 Å². The summed E-state index contributed by atoms with van der Waals surface area (Å²) < 4.78 is 66.0. The molecule has 3 aromatic heterocycles. The monoisotopic (exact) mass is 528 g/mol. The van der Waals surface area contributed by atoms with Gasteiger partial charge in [-0.2, -0.15) is 26.9 Å². The van der Waals surface area contributed by atoms with Crippen molar-refractivity contribution in [1.82, 2.24) is 19.9 Å². The van der Waals surface area contributed by atoms with Gasteiger partial charge in [-0.15, -0.1) is 11.3 Å². The fourth-order valence-electron chi connectivity index (χ4n) is 4.55. The predicted molar refractivity (Wildman–Crippen MR) is 127 cm³/mol. The zero-order valence-electron chi connectivity index (χ0n) is 19.4. The number of nitrogens with one attached hydrogen (secondary N) is 2. The van der Waals surface area contributed by atoms with Gasteiger partial charge in [0.2, 0.25) is 5.95 Å². The van der Waals surface area contributed by atoms with Crippen LogP contribution in [0.1, 0.15) is 55.8 Å². The highest BCUT2D eigenvalue weighted by atomic mass is 32.1. The highest BCUT2D eigenvalue weighted by Crippen LogP contribution is 2.45. The van der Waals surface area contributed by atoms with E-state index in [4.69, 9.17) is 4.98 Å². The molecule has 0 unspecified atom stereocenters. The van der Waals surface area contributed by atoms with Crippen molar-refractivity contribution in [1.29, 1.82) is 0 Å². The number of rotatable bonds is 8. The lowest BCUT2D eigenvalue weighted by Crippen LogP contribution is -2.43. The number of fused-ring (bicyclic) bond motifs is 1. The molecule has 0 radical (unpaired) electrons. The van der Waals surface area contributed by atoms with Crippen molar-refractivity contribution in [2.45, 2.75) is 69.0 Å². The van der Waals surface area contributed by atoms with Gasteiger partial charge in [0.05, 0.1) is 40.3 Å². The number of aliphatic hydroxyl groups is 1. The quantitative estimate of drug-likeness (QED) is 0.325. The molecule has 3 heterocycles. The molecule has 7 nitrogen and oxygen atoms in total. The summed E-state index contributed by atoms with van der Waals surface area (Å²) in [5.41, 5.74) is 1.91. The highest BCUT2D eigenvalue weighted by Gasteiger charge is 2.57. The fraction of sp³-hybridized carbons (Fsp3) is 0.565. The number of pyridine rings is 1. The lowest BCUT2D eigenvalue weighted by Gasteiger charge is -2.30. The Kier molecular flexibility index (Phi) is 6.26. The van der Waals surface area contributed by atoms with E-state index in [0.717, 1.165) is 41.6 Å². The van der Waals surface area contributed by atoms with Crippen molar-refractivity contribution in [3.8, 4) is 10.6 Å². The molecule has 2 aliphatic carbocycles. The molecule has 2 aliphatic rings. The number of hydrogen-bond acceptors (Lipinski definition) is 8. The van der Waals surface area contributed by atoms with Crippen molar-refractivity contribution in [3.05, 3.63) is 23.7 Å². The molecule has 5 rings (SSSR count). The van der Waals surface area contributed by atoms with Gasteiger partial charge in [-0.25, -0.2) is 9.97 Å². The number of nitrogens with zero attached hydrogens (tertiary/aromatic N) is 4. The standard InChI is InChI=1S/C23H25F5N6OS/c1-12-15(19-32-17-14(36-19)6-9-29-16(17)13-4-5-13)18(34-21(11-35)7-2-3-8-21)33-20(31-12)30-10-22(24,25)23(26,27)28/h6,9,13,35H,2-5,7-8,10-11H2,1H3,(H2,30,31,33,34). The van der Waals surface area contributed by atoms with Crippen molar-refractivity contribution in [3.63, 3.8) is 0 Å². The van der Waals surface area contributed by atoms with Gasteiger partial charge in [0.1, 0.15) is 16.3 Å². The van der Waals surface area contributed by atoms with Crippen molar-refractivity contribution >= 4 is 33.3 Å². The molecule has 0 saturated heterocycles. The van der Waals surface area contributed by atoms with Gasteiger partial charge in [-0.3, -0.25) is 4.98 Å². The second-order valence-corrected chi connectivity index (χ2v) is 10.5. The number of halogens is 5. The Morgan fingerprint density at radius 3 is 2.47 bits per heavy atom. The Morgan fingerprint density at radius 1 is 1.11 bits per heavy atom.